The van der Waals surface area contributed by atoms with E-state index in [2.05, 4.69) is 5.32 Å². The van der Waals surface area contributed by atoms with Crippen LogP contribution in [0, 0.1) is 11.3 Å². The lowest BCUT2D eigenvalue weighted by Crippen LogP contribution is -2.13. The fourth-order valence-electron chi connectivity index (χ4n) is 3.15. The van der Waals surface area contributed by atoms with Crippen molar-refractivity contribution in [1.82, 2.24) is 0 Å². The van der Waals surface area contributed by atoms with E-state index in [4.69, 9.17) is 4.74 Å². The van der Waals surface area contributed by atoms with Gasteiger partial charge in [-0.15, -0.1) is 0 Å². The Morgan fingerprint density at radius 3 is 2.22 bits per heavy atom. The fraction of sp³-hybridized carbons (Fsp3) is 0. The van der Waals surface area contributed by atoms with Crippen LogP contribution < -0.4 is 10.1 Å². The van der Waals surface area contributed by atoms with Gasteiger partial charge < -0.3 is 10.1 Å². The molecule has 0 aliphatic heterocycles. The normalized spacial score (nSPS) is 10.9. The van der Waals surface area contributed by atoms with Crippen LogP contribution in [-0.4, -0.2) is 11.9 Å². The first-order valence-electron chi connectivity index (χ1n) is 9.91. The molecule has 4 rings (SSSR count). The van der Waals surface area contributed by atoms with E-state index >= 15 is 0 Å². The number of nitrogens with one attached hydrogen (secondary N) is 1. The van der Waals surface area contributed by atoms with Gasteiger partial charge in [0.1, 0.15) is 17.4 Å². The van der Waals surface area contributed by atoms with Gasteiger partial charge in [0.2, 0.25) is 0 Å². The third kappa shape index (κ3) is 4.89. The summed E-state index contributed by atoms with van der Waals surface area (Å²) in [6.07, 6.45) is 1.49. The molecule has 0 heterocycles. The highest BCUT2D eigenvalue weighted by Gasteiger charge is 2.11. The van der Waals surface area contributed by atoms with Gasteiger partial charge in [-0.1, -0.05) is 60.7 Å². The highest BCUT2D eigenvalue weighted by Crippen LogP contribution is 2.20. The summed E-state index contributed by atoms with van der Waals surface area (Å²) in [6, 6.07) is 30.6. The number of fused-ring (bicyclic) bond motifs is 1. The lowest BCUT2D eigenvalue weighted by molar-refractivity contribution is -0.112. The fourth-order valence-corrected chi connectivity index (χ4v) is 3.15. The maximum atomic E-state index is 12.6. The molecule has 0 aliphatic carbocycles. The number of rotatable bonds is 5. The topological polar surface area (TPSA) is 79.2 Å². The molecule has 0 radical (unpaired) electrons. The number of nitrogens with zero attached hydrogens (tertiary/aromatic N) is 1. The Bertz CT molecular complexity index is 1350. The Morgan fingerprint density at radius 1 is 0.812 bits per heavy atom. The van der Waals surface area contributed by atoms with Gasteiger partial charge in [0.25, 0.3) is 5.91 Å². The molecule has 1 N–H and O–H groups in total. The van der Waals surface area contributed by atoms with Crippen LogP contribution in [0.15, 0.2) is 103 Å². The Morgan fingerprint density at radius 2 is 1.50 bits per heavy atom. The number of amides is 1. The van der Waals surface area contributed by atoms with Crippen LogP contribution in [0.1, 0.15) is 15.9 Å². The second kappa shape index (κ2) is 9.41. The van der Waals surface area contributed by atoms with Gasteiger partial charge in [0.15, 0.2) is 0 Å². The van der Waals surface area contributed by atoms with Gasteiger partial charge in [-0.05, 0) is 58.8 Å². The van der Waals surface area contributed by atoms with Crippen LogP contribution >= 0.6 is 0 Å². The standard InChI is InChI=1S/C27H18N2O3/c28-18-23(26(30)29-24-13-12-20-6-4-5-9-22(20)17-24)16-19-10-14-25(15-11-19)32-27(31)21-7-2-1-3-8-21/h1-17H,(H,29,30)/b23-16+. The summed E-state index contributed by atoms with van der Waals surface area (Å²) >= 11 is 0. The Hall–Kier alpha value is -4.69. The molecule has 0 saturated heterocycles. The number of carbonyl (C=O) groups excluding carboxylic acids is 2. The van der Waals surface area contributed by atoms with Crippen LogP contribution in [0.5, 0.6) is 5.75 Å². The molecular weight excluding hydrogens is 400 g/mol. The average Bonchev–Trinajstić information content (AvgIpc) is 2.84. The van der Waals surface area contributed by atoms with Crippen molar-refractivity contribution in [3.63, 3.8) is 0 Å². The molecule has 0 aliphatic rings. The Labute approximate surface area is 185 Å². The van der Waals surface area contributed by atoms with E-state index in [1.807, 2.05) is 48.5 Å². The van der Waals surface area contributed by atoms with E-state index in [9.17, 15) is 14.9 Å². The summed E-state index contributed by atoms with van der Waals surface area (Å²) in [6.45, 7) is 0. The summed E-state index contributed by atoms with van der Waals surface area (Å²) in [5, 5.41) is 14.3. The van der Waals surface area contributed by atoms with Gasteiger partial charge in [0.05, 0.1) is 5.56 Å². The average molecular weight is 418 g/mol. The molecule has 0 unspecified atom stereocenters. The van der Waals surface area contributed by atoms with E-state index in [1.165, 1.54) is 6.08 Å². The van der Waals surface area contributed by atoms with Crippen molar-refractivity contribution in [3.8, 4) is 11.8 Å². The third-order valence-corrected chi connectivity index (χ3v) is 4.78. The molecule has 5 heteroatoms. The van der Waals surface area contributed by atoms with Crippen LogP contribution in [0.25, 0.3) is 16.8 Å². The molecule has 4 aromatic carbocycles. The predicted octanol–water partition coefficient (Wildman–Crippen LogP) is 5.60. The minimum atomic E-state index is -0.498. The lowest BCUT2D eigenvalue weighted by atomic mass is 10.1. The molecule has 0 saturated carbocycles. The van der Waals surface area contributed by atoms with Gasteiger partial charge in [0, 0.05) is 5.69 Å². The molecule has 0 atom stereocenters. The molecule has 32 heavy (non-hydrogen) atoms. The van der Waals surface area contributed by atoms with Crippen LogP contribution in [0.4, 0.5) is 5.69 Å². The van der Waals surface area contributed by atoms with Crippen molar-refractivity contribution in [3.05, 3.63) is 114 Å². The van der Waals surface area contributed by atoms with Crippen molar-refractivity contribution in [2.45, 2.75) is 0 Å². The number of benzene rings is 4. The molecule has 5 nitrogen and oxygen atoms in total. The maximum absolute atomic E-state index is 12.6. The summed E-state index contributed by atoms with van der Waals surface area (Å²) < 4.78 is 5.34. The van der Waals surface area contributed by atoms with Crippen molar-refractivity contribution in [2.24, 2.45) is 0 Å². The number of carbonyl (C=O) groups is 2. The van der Waals surface area contributed by atoms with Gasteiger partial charge in [-0.3, -0.25) is 4.79 Å². The molecule has 0 aromatic heterocycles. The Kier molecular flexibility index (Phi) is 6.05. The SMILES string of the molecule is N#C/C(=C\c1ccc(OC(=O)c2ccccc2)cc1)C(=O)Nc1ccc2ccccc2c1. The number of esters is 1. The largest absolute Gasteiger partial charge is 0.423 e. The number of anilines is 1. The Balaban J connectivity index is 1.45. The van der Waals surface area contributed by atoms with Crippen LogP contribution in [0.2, 0.25) is 0 Å². The number of hydrogen-bond acceptors (Lipinski definition) is 4. The van der Waals surface area contributed by atoms with Crippen LogP contribution in [0.3, 0.4) is 0 Å². The molecule has 154 valence electrons. The first-order chi connectivity index (χ1) is 15.6. The molecule has 1 amide bonds. The quantitative estimate of drug-likeness (QED) is 0.198. The first kappa shape index (κ1) is 20.6. The zero-order valence-corrected chi connectivity index (χ0v) is 17.0. The molecule has 0 bridgehead atoms. The number of nitriles is 1. The molecular formula is C27H18N2O3. The van der Waals surface area contributed by atoms with Crippen LogP contribution in [-0.2, 0) is 4.79 Å². The first-order valence-corrected chi connectivity index (χ1v) is 9.91. The van der Waals surface area contributed by atoms with Gasteiger partial charge in [-0.2, -0.15) is 5.26 Å². The smallest absolute Gasteiger partial charge is 0.343 e. The van der Waals surface area contributed by atoms with Crippen molar-refractivity contribution in [2.75, 3.05) is 5.32 Å². The zero-order valence-electron chi connectivity index (χ0n) is 17.0. The summed E-state index contributed by atoms with van der Waals surface area (Å²) in [5.41, 5.74) is 1.66. The zero-order chi connectivity index (χ0) is 22.3. The second-order valence-corrected chi connectivity index (χ2v) is 7.01. The van der Waals surface area contributed by atoms with E-state index in [1.54, 1.807) is 54.6 Å². The summed E-state index contributed by atoms with van der Waals surface area (Å²) in [5.74, 6) is -0.584. The van der Waals surface area contributed by atoms with Crippen molar-refractivity contribution >= 4 is 34.4 Å². The van der Waals surface area contributed by atoms with Gasteiger partial charge >= 0.3 is 5.97 Å². The highest BCUT2D eigenvalue weighted by atomic mass is 16.5. The monoisotopic (exact) mass is 418 g/mol. The van der Waals surface area contributed by atoms with E-state index in [-0.39, 0.29) is 5.57 Å². The highest BCUT2D eigenvalue weighted by molar-refractivity contribution is 6.10. The van der Waals surface area contributed by atoms with E-state index in [0.717, 1.165) is 10.8 Å². The molecule has 0 spiro atoms. The minimum absolute atomic E-state index is 0.0350. The molecule has 0 fully saturated rings. The van der Waals surface area contributed by atoms with E-state index in [0.29, 0.717) is 22.6 Å². The third-order valence-electron chi connectivity index (χ3n) is 4.78. The van der Waals surface area contributed by atoms with Crippen molar-refractivity contribution in [1.29, 1.82) is 5.26 Å². The lowest BCUT2D eigenvalue weighted by Gasteiger charge is -2.07. The summed E-state index contributed by atoms with van der Waals surface area (Å²) in [7, 11) is 0. The predicted molar refractivity (Wildman–Crippen MR) is 124 cm³/mol. The van der Waals surface area contributed by atoms with Gasteiger partial charge in [-0.25, -0.2) is 4.79 Å². The maximum Gasteiger partial charge on any atom is 0.343 e. The number of ether oxygens (including phenoxy) is 1. The van der Waals surface area contributed by atoms with Crippen molar-refractivity contribution < 1.29 is 14.3 Å². The second-order valence-electron chi connectivity index (χ2n) is 7.01. The number of hydrogen-bond donors (Lipinski definition) is 1. The van der Waals surface area contributed by atoms with E-state index < -0.39 is 11.9 Å². The summed E-state index contributed by atoms with van der Waals surface area (Å²) in [4.78, 5) is 24.7. The minimum Gasteiger partial charge on any atom is -0.423 e. The molecule has 4 aromatic rings.